The normalized spacial score (nSPS) is 16.5. The largest absolute Gasteiger partial charge is 0.481 e. The van der Waals surface area contributed by atoms with Gasteiger partial charge in [-0.3, -0.25) is 24.0 Å². The van der Waals surface area contributed by atoms with Gasteiger partial charge in [0.15, 0.2) is 0 Å². The van der Waals surface area contributed by atoms with E-state index in [1.54, 1.807) is 27.7 Å². The zero-order valence-corrected chi connectivity index (χ0v) is 25.5. The van der Waals surface area contributed by atoms with Gasteiger partial charge in [0, 0.05) is 24.9 Å². The number of hydrogen-bond acceptors (Lipinski definition) is 8. The Morgan fingerprint density at radius 3 is 2.16 bits per heavy atom. The van der Waals surface area contributed by atoms with Crippen molar-refractivity contribution in [1.82, 2.24) is 25.7 Å². The molecular weight excluding hydrogens is 599 g/mol. The summed E-state index contributed by atoms with van der Waals surface area (Å²) in [5, 5.41) is 21.7. The van der Waals surface area contributed by atoms with Gasteiger partial charge in [0.05, 0.1) is 11.6 Å². The quantitative estimate of drug-likeness (QED) is 0.206. The number of ketones is 1. The molecule has 1 aliphatic heterocycles. The average Bonchev–Trinajstić information content (AvgIpc) is 3.66. The van der Waals surface area contributed by atoms with Gasteiger partial charge in [-0.1, -0.05) is 27.7 Å². The molecule has 1 aromatic heterocycles. The molecule has 15 heteroatoms. The van der Waals surface area contributed by atoms with Crippen LogP contribution in [0.4, 0.5) is 13.2 Å². The number of nitrogens with one attached hydrogen (secondary N) is 2. The van der Waals surface area contributed by atoms with Crippen LogP contribution in [0.15, 0.2) is 28.7 Å². The van der Waals surface area contributed by atoms with Crippen molar-refractivity contribution in [2.24, 2.45) is 11.8 Å². The number of nitrogens with zero attached hydrogens (tertiary/aromatic N) is 3. The maximum absolute atomic E-state index is 13.5. The number of carbonyl (C=O) groups is 5. The summed E-state index contributed by atoms with van der Waals surface area (Å²) >= 11 is 0. The van der Waals surface area contributed by atoms with Crippen LogP contribution in [0, 0.1) is 11.8 Å². The highest BCUT2D eigenvalue weighted by molar-refractivity contribution is 6.00. The van der Waals surface area contributed by atoms with Gasteiger partial charge in [-0.05, 0) is 61.8 Å². The highest BCUT2D eigenvalue weighted by Crippen LogP contribution is 2.31. The van der Waals surface area contributed by atoms with Gasteiger partial charge in [0.25, 0.3) is 5.89 Å². The Hall–Kier alpha value is -4.30. The first-order valence-corrected chi connectivity index (χ1v) is 14.8. The molecule has 3 rings (SSSR count). The second-order valence-electron chi connectivity index (χ2n) is 11.7. The van der Waals surface area contributed by atoms with E-state index in [-0.39, 0.29) is 36.8 Å². The van der Waals surface area contributed by atoms with Gasteiger partial charge >= 0.3 is 12.1 Å². The lowest BCUT2D eigenvalue weighted by Gasteiger charge is -2.31. The Morgan fingerprint density at radius 1 is 0.956 bits per heavy atom. The van der Waals surface area contributed by atoms with Crippen LogP contribution < -0.4 is 10.6 Å². The minimum absolute atomic E-state index is 0.0577. The van der Waals surface area contributed by atoms with E-state index in [1.807, 2.05) is 0 Å². The van der Waals surface area contributed by atoms with Crippen molar-refractivity contribution in [2.75, 3.05) is 6.54 Å². The topological polar surface area (TPSA) is 172 Å². The molecule has 2 heterocycles. The molecule has 0 aliphatic carbocycles. The van der Waals surface area contributed by atoms with Crippen molar-refractivity contribution >= 4 is 29.5 Å². The number of carbonyl (C=O) groups excluding carboxylic acids is 4. The van der Waals surface area contributed by atoms with Crippen LogP contribution in [-0.2, 0) is 25.4 Å². The summed E-state index contributed by atoms with van der Waals surface area (Å²) in [6, 6.07) is 1.08. The molecular formula is C30H38F3N5O7. The summed E-state index contributed by atoms with van der Waals surface area (Å²) in [7, 11) is 0. The summed E-state index contributed by atoms with van der Waals surface area (Å²) in [5.41, 5.74) is -0.689. The zero-order valence-electron chi connectivity index (χ0n) is 25.5. The summed E-state index contributed by atoms with van der Waals surface area (Å²) in [5.74, 6) is -4.39. The van der Waals surface area contributed by atoms with Crippen LogP contribution in [0.25, 0.3) is 11.5 Å². The summed E-state index contributed by atoms with van der Waals surface area (Å²) in [4.78, 5) is 64.9. The molecule has 0 radical (unpaired) electrons. The number of hydrogen-bond donors (Lipinski definition) is 3. The third kappa shape index (κ3) is 9.35. The monoisotopic (exact) mass is 637 g/mol. The SMILES string of the molecule is CC(C)[C@H](NC(=O)[C@@H]1CCCN1C(=O)[C@@H](NC(=O)CCCCC(=O)O)C(C)C)C(=O)c1nnc(-c2ccc(C(F)(F)F)cc2)o1. The lowest BCUT2D eigenvalue weighted by atomic mass is 9.98. The fraction of sp³-hybridized carbons (Fsp3) is 0.567. The van der Waals surface area contributed by atoms with Crippen LogP contribution in [0.3, 0.4) is 0 Å². The first kappa shape index (κ1) is 35.2. The van der Waals surface area contributed by atoms with E-state index in [9.17, 15) is 37.1 Å². The number of carboxylic acid groups (broad SMARTS) is 1. The van der Waals surface area contributed by atoms with Crippen molar-refractivity contribution < 1.29 is 46.7 Å². The predicted molar refractivity (Wildman–Crippen MR) is 153 cm³/mol. The Kier molecular flexibility index (Phi) is 11.8. The number of alkyl halides is 3. The van der Waals surface area contributed by atoms with E-state index >= 15 is 0 Å². The fourth-order valence-electron chi connectivity index (χ4n) is 4.96. The van der Waals surface area contributed by atoms with Crippen molar-refractivity contribution in [3.05, 3.63) is 35.7 Å². The van der Waals surface area contributed by atoms with Crippen molar-refractivity contribution in [1.29, 1.82) is 0 Å². The maximum atomic E-state index is 13.5. The number of aliphatic carboxylic acids is 1. The fourth-order valence-corrected chi connectivity index (χ4v) is 4.96. The molecule has 0 saturated carbocycles. The number of aromatic nitrogens is 2. The standard InChI is InChI=1S/C30H38F3N5O7/c1-16(2)23(25(42)28-37-36-27(45-28)18-11-13-19(14-12-18)30(31,32)33)35-26(43)20-8-7-15-38(20)29(44)24(17(3)4)34-21(39)9-5-6-10-22(40)41/h11-14,16-17,20,23-24H,5-10,15H2,1-4H3,(H,34,39)(H,35,43)(H,40,41)/t20-,23-,24-/m0/s1. The van der Waals surface area contributed by atoms with Crippen molar-refractivity contribution in [3.63, 3.8) is 0 Å². The van der Waals surface area contributed by atoms with Gasteiger partial charge in [-0.25, -0.2) is 0 Å². The number of amides is 3. The van der Waals surface area contributed by atoms with E-state index in [1.165, 1.54) is 4.90 Å². The molecule has 3 N–H and O–H groups in total. The molecule has 0 unspecified atom stereocenters. The van der Waals surface area contributed by atoms with Gasteiger partial charge in [-0.2, -0.15) is 13.2 Å². The molecule has 45 heavy (non-hydrogen) atoms. The highest BCUT2D eigenvalue weighted by atomic mass is 19.4. The summed E-state index contributed by atoms with van der Waals surface area (Å²) in [6.45, 7) is 7.17. The van der Waals surface area contributed by atoms with Gasteiger partial charge in [-0.15, -0.1) is 10.2 Å². The van der Waals surface area contributed by atoms with E-state index < -0.39 is 71.1 Å². The molecule has 3 atom stereocenters. The number of rotatable bonds is 14. The van der Waals surface area contributed by atoms with Gasteiger partial charge in [0.2, 0.25) is 29.4 Å². The van der Waals surface area contributed by atoms with Crippen LogP contribution in [0.2, 0.25) is 0 Å². The molecule has 12 nitrogen and oxygen atoms in total. The average molecular weight is 638 g/mol. The molecule has 1 saturated heterocycles. The minimum Gasteiger partial charge on any atom is -0.481 e. The van der Waals surface area contributed by atoms with E-state index in [4.69, 9.17) is 9.52 Å². The highest BCUT2D eigenvalue weighted by Gasteiger charge is 2.40. The first-order chi connectivity index (χ1) is 21.1. The van der Waals surface area contributed by atoms with Crippen molar-refractivity contribution in [3.8, 4) is 11.5 Å². The van der Waals surface area contributed by atoms with E-state index in [0.717, 1.165) is 24.3 Å². The molecule has 1 aromatic carbocycles. The third-order valence-corrected chi connectivity index (χ3v) is 7.47. The molecule has 1 aliphatic rings. The van der Waals surface area contributed by atoms with Gasteiger partial charge < -0.3 is 25.1 Å². The predicted octanol–water partition coefficient (Wildman–Crippen LogP) is 3.86. The second-order valence-corrected chi connectivity index (χ2v) is 11.7. The molecule has 0 bridgehead atoms. The van der Waals surface area contributed by atoms with Crippen molar-refractivity contribution in [2.45, 2.75) is 90.5 Å². The molecule has 2 aromatic rings. The Labute approximate surface area is 258 Å². The summed E-state index contributed by atoms with van der Waals surface area (Å²) < 4.78 is 44.1. The molecule has 1 fully saturated rings. The second kappa shape index (κ2) is 15.1. The Bertz CT molecular complexity index is 1370. The molecule has 246 valence electrons. The van der Waals surface area contributed by atoms with Crippen LogP contribution in [-0.4, -0.2) is 74.3 Å². The smallest absolute Gasteiger partial charge is 0.416 e. The number of likely N-dealkylation sites (tertiary alicyclic amines) is 1. The van der Waals surface area contributed by atoms with Gasteiger partial charge in [0.1, 0.15) is 12.1 Å². The zero-order chi connectivity index (χ0) is 33.5. The molecule has 0 spiro atoms. The number of Topliss-reactive ketones (excluding diaryl/α,β-unsaturated/α-hetero) is 1. The lowest BCUT2D eigenvalue weighted by Crippen LogP contribution is -2.57. The number of benzene rings is 1. The first-order valence-electron chi connectivity index (χ1n) is 14.8. The molecule has 3 amide bonds. The number of carboxylic acids is 1. The van der Waals surface area contributed by atoms with Crippen LogP contribution >= 0.6 is 0 Å². The maximum Gasteiger partial charge on any atom is 0.416 e. The Morgan fingerprint density at radius 2 is 1.58 bits per heavy atom. The number of halogens is 3. The number of unbranched alkanes of at least 4 members (excludes halogenated alkanes) is 1. The third-order valence-electron chi connectivity index (χ3n) is 7.47. The minimum atomic E-state index is -4.52. The Balaban J connectivity index is 1.68. The van der Waals surface area contributed by atoms with E-state index in [2.05, 4.69) is 20.8 Å². The summed E-state index contributed by atoms with van der Waals surface area (Å²) in [6.07, 6.45) is -2.99. The van der Waals surface area contributed by atoms with Crippen LogP contribution in [0.1, 0.15) is 82.5 Å². The van der Waals surface area contributed by atoms with E-state index in [0.29, 0.717) is 25.7 Å². The lowest BCUT2D eigenvalue weighted by molar-refractivity contribution is -0.142. The van der Waals surface area contributed by atoms with Crippen LogP contribution in [0.5, 0.6) is 0 Å².